The predicted molar refractivity (Wildman–Crippen MR) is 174 cm³/mol. The van der Waals surface area contributed by atoms with E-state index in [4.69, 9.17) is 9.72 Å². The van der Waals surface area contributed by atoms with Crippen molar-refractivity contribution >= 4 is 72.0 Å². The number of carbonyl (C=O) groups excluding carboxylic acids is 4. The molecule has 7 rings (SSSR count). The molecule has 3 aliphatic rings. The van der Waals surface area contributed by atoms with Crippen LogP contribution in [-0.4, -0.2) is 44.8 Å². The van der Waals surface area contributed by atoms with Crippen molar-refractivity contribution in [3.8, 4) is 11.3 Å². The summed E-state index contributed by atoms with van der Waals surface area (Å²) in [6, 6.07) is 21.4. The number of nitrogens with zero attached hydrogens (tertiary/aromatic N) is 2. The number of hydrogen-bond donors (Lipinski definition) is 0. The molecule has 44 heavy (non-hydrogen) atoms. The van der Waals surface area contributed by atoms with Gasteiger partial charge >= 0.3 is 5.97 Å². The summed E-state index contributed by atoms with van der Waals surface area (Å²) in [5, 5.41) is 0.612. The molecule has 3 aromatic carbocycles. The van der Waals surface area contributed by atoms with Crippen LogP contribution in [0.3, 0.4) is 0 Å². The Balaban J connectivity index is 1.14. The first kappa shape index (κ1) is 29.0. The smallest absolute Gasteiger partial charge is 0.339 e. The fraction of sp³-hybridized carbons (Fsp3) is 0.286. The van der Waals surface area contributed by atoms with Crippen LogP contribution in [0.2, 0.25) is 0 Å². The van der Waals surface area contributed by atoms with Gasteiger partial charge in [-0.3, -0.25) is 19.3 Å². The number of ketones is 1. The zero-order valence-corrected chi connectivity index (χ0v) is 27.2. The number of Topliss-reactive ketones (excluding diaryl/α,β-unsaturated/α-hetero) is 1. The summed E-state index contributed by atoms with van der Waals surface area (Å²) in [7, 11) is 0. The van der Waals surface area contributed by atoms with Gasteiger partial charge in [0.1, 0.15) is 0 Å². The van der Waals surface area contributed by atoms with Gasteiger partial charge < -0.3 is 4.74 Å². The van der Waals surface area contributed by atoms with Gasteiger partial charge in [0, 0.05) is 26.2 Å². The fourth-order valence-electron chi connectivity index (χ4n) is 7.08. The monoisotopic (exact) mass is 714 g/mol. The number of hydrogen-bond acceptors (Lipinski definition) is 6. The quantitative estimate of drug-likeness (QED) is 0.0940. The number of ether oxygens (including phenoxy) is 1. The Morgan fingerprint density at radius 1 is 0.864 bits per heavy atom. The third-order valence-electron chi connectivity index (χ3n) is 9.51. The van der Waals surface area contributed by atoms with Crippen molar-refractivity contribution in [3.63, 3.8) is 0 Å². The van der Waals surface area contributed by atoms with E-state index in [1.165, 1.54) is 4.90 Å². The van der Waals surface area contributed by atoms with Crippen molar-refractivity contribution in [1.82, 2.24) is 4.98 Å². The number of rotatable bonds is 6. The van der Waals surface area contributed by atoms with Gasteiger partial charge in [-0.05, 0) is 73.6 Å². The molecule has 7 nitrogen and oxygen atoms in total. The van der Waals surface area contributed by atoms with E-state index in [0.29, 0.717) is 39.0 Å². The molecule has 2 heterocycles. The highest BCUT2D eigenvalue weighted by Crippen LogP contribution is 2.60. The van der Waals surface area contributed by atoms with Gasteiger partial charge in [-0.1, -0.05) is 74.3 Å². The number of aryl methyl sites for hydroxylation is 2. The number of carbonyl (C=O) groups is 4. The van der Waals surface area contributed by atoms with Crippen molar-refractivity contribution in [2.75, 3.05) is 11.5 Å². The van der Waals surface area contributed by atoms with E-state index in [2.05, 4.69) is 31.9 Å². The number of imide groups is 1. The Hall–Kier alpha value is -3.69. The summed E-state index contributed by atoms with van der Waals surface area (Å²) in [6.07, 6.45) is 0.879. The van der Waals surface area contributed by atoms with E-state index in [1.807, 2.05) is 38.1 Å². The van der Waals surface area contributed by atoms with Crippen molar-refractivity contribution in [2.45, 2.75) is 29.9 Å². The van der Waals surface area contributed by atoms with E-state index in [9.17, 15) is 19.2 Å². The van der Waals surface area contributed by atoms with Crippen LogP contribution in [0.1, 0.15) is 38.3 Å². The predicted octanol–water partition coefficient (Wildman–Crippen LogP) is 6.84. The maximum atomic E-state index is 13.5. The topological polar surface area (TPSA) is 93.6 Å². The molecule has 1 aliphatic heterocycles. The molecular formula is C35H28Br2N2O5. The number of aromatic nitrogens is 1. The Bertz CT molecular complexity index is 1840. The summed E-state index contributed by atoms with van der Waals surface area (Å²) in [5.74, 6) is -1.45. The van der Waals surface area contributed by atoms with Crippen LogP contribution in [0.25, 0.3) is 22.2 Å². The van der Waals surface area contributed by atoms with Crippen LogP contribution in [0.15, 0.2) is 72.8 Å². The molecule has 1 saturated heterocycles. The molecule has 1 aromatic heterocycles. The highest BCUT2D eigenvalue weighted by molar-refractivity contribution is 9.12. The summed E-state index contributed by atoms with van der Waals surface area (Å²) in [4.78, 5) is 59.5. The van der Waals surface area contributed by atoms with E-state index in [-0.39, 0.29) is 57.5 Å². The van der Waals surface area contributed by atoms with Crippen molar-refractivity contribution in [3.05, 3.63) is 95.1 Å². The molecule has 4 aromatic rings. The molecule has 222 valence electrons. The van der Waals surface area contributed by atoms with Crippen LogP contribution in [0, 0.1) is 37.5 Å². The summed E-state index contributed by atoms with van der Waals surface area (Å²) >= 11 is 7.47. The van der Waals surface area contributed by atoms with Crippen LogP contribution in [0.5, 0.6) is 0 Å². The van der Waals surface area contributed by atoms with E-state index < -0.39 is 5.97 Å². The van der Waals surface area contributed by atoms with Crippen LogP contribution >= 0.6 is 31.9 Å². The third kappa shape index (κ3) is 4.63. The number of halogens is 2. The number of anilines is 1. The van der Waals surface area contributed by atoms with Gasteiger partial charge in [-0.15, -0.1) is 0 Å². The SMILES string of the molecule is Cc1ccc(C(=O)COC(=O)c2cc(-c3ccc(N4C(=O)C5C6CC(C(Br)C6Br)C5C4=O)cc3)nc3ccccc23)cc1C. The first-order valence-corrected chi connectivity index (χ1v) is 16.4. The largest absolute Gasteiger partial charge is 0.454 e. The molecule has 2 aliphatic carbocycles. The van der Waals surface area contributed by atoms with Crippen molar-refractivity contribution < 1.29 is 23.9 Å². The second-order valence-electron chi connectivity index (χ2n) is 11.9. The van der Waals surface area contributed by atoms with Gasteiger partial charge in [-0.25, -0.2) is 9.78 Å². The number of esters is 1. The van der Waals surface area contributed by atoms with Crippen molar-refractivity contribution in [1.29, 1.82) is 0 Å². The van der Waals surface area contributed by atoms with E-state index in [1.54, 1.807) is 48.5 Å². The molecule has 2 bridgehead atoms. The minimum absolute atomic E-state index is 0.131. The zero-order valence-electron chi connectivity index (χ0n) is 24.0. The minimum atomic E-state index is -0.622. The Kier molecular flexibility index (Phi) is 7.28. The second-order valence-corrected chi connectivity index (χ2v) is 14.0. The van der Waals surface area contributed by atoms with Gasteiger partial charge in [0.2, 0.25) is 11.8 Å². The average Bonchev–Trinajstić information content (AvgIpc) is 3.65. The lowest BCUT2D eigenvalue weighted by Gasteiger charge is -2.28. The van der Waals surface area contributed by atoms with Crippen LogP contribution in [-0.2, 0) is 14.3 Å². The highest BCUT2D eigenvalue weighted by atomic mass is 79.9. The first-order valence-electron chi connectivity index (χ1n) is 14.6. The first-order chi connectivity index (χ1) is 21.1. The summed E-state index contributed by atoms with van der Waals surface area (Å²) in [5.41, 5.74) is 5.23. The molecule has 0 spiro atoms. The maximum Gasteiger partial charge on any atom is 0.339 e. The molecule has 0 N–H and O–H groups in total. The lowest BCUT2D eigenvalue weighted by Crippen LogP contribution is -2.37. The average molecular weight is 716 g/mol. The van der Waals surface area contributed by atoms with E-state index in [0.717, 1.165) is 17.5 Å². The Morgan fingerprint density at radius 2 is 1.52 bits per heavy atom. The standard InChI is InChI=1S/C35H28Br2N2O5/c1-17-7-8-20(13-18(17)2)28(40)16-44-35(43)23-15-27(38-26-6-4-3-5-22(23)26)19-9-11-21(12-10-19)39-33(41)29-24-14-25(30(29)34(39)42)32(37)31(24)36/h3-13,15,24-25,29-32H,14,16H2,1-2H3. The van der Waals surface area contributed by atoms with Crippen LogP contribution in [0.4, 0.5) is 5.69 Å². The molecule has 6 unspecified atom stereocenters. The third-order valence-corrected chi connectivity index (χ3v) is 12.7. The minimum Gasteiger partial charge on any atom is -0.454 e. The number of pyridine rings is 1. The Morgan fingerprint density at radius 3 is 2.18 bits per heavy atom. The van der Waals surface area contributed by atoms with Gasteiger partial charge in [-0.2, -0.15) is 0 Å². The number of amides is 2. The molecule has 2 saturated carbocycles. The Labute approximate surface area is 271 Å². The van der Waals surface area contributed by atoms with E-state index >= 15 is 0 Å². The van der Waals surface area contributed by atoms with Crippen molar-refractivity contribution in [2.24, 2.45) is 23.7 Å². The summed E-state index contributed by atoms with van der Waals surface area (Å²) in [6.45, 7) is 3.53. The second kappa shape index (κ2) is 11.0. The molecule has 9 heteroatoms. The normalized spacial score (nSPS) is 25.5. The highest BCUT2D eigenvalue weighted by Gasteiger charge is 2.66. The molecule has 3 fully saturated rings. The maximum absolute atomic E-state index is 13.5. The van der Waals surface area contributed by atoms with Gasteiger partial charge in [0.05, 0.1) is 34.3 Å². The fourth-order valence-corrected chi connectivity index (χ4v) is 8.96. The number of alkyl halides is 2. The molecular weight excluding hydrogens is 688 g/mol. The van der Waals surface area contributed by atoms with Gasteiger partial charge in [0.15, 0.2) is 12.4 Å². The number of benzene rings is 3. The van der Waals surface area contributed by atoms with Gasteiger partial charge in [0.25, 0.3) is 0 Å². The summed E-state index contributed by atoms with van der Waals surface area (Å²) < 4.78 is 5.49. The van der Waals surface area contributed by atoms with Crippen LogP contribution < -0.4 is 4.90 Å². The lowest BCUT2D eigenvalue weighted by atomic mass is 9.81. The number of para-hydroxylation sites is 1. The zero-order chi connectivity index (χ0) is 30.9. The molecule has 2 amide bonds. The number of fused-ring (bicyclic) bond motifs is 6. The molecule has 0 radical (unpaired) electrons. The lowest BCUT2D eigenvalue weighted by molar-refractivity contribution is -0.123. The molecule has 6 atom stereocenters.